The zero-order chi connectivity index (χ0) is 15.7. The third-order valence-corrected chi connectivity index (χ3v) is 3.31. The van der Waals surface area contributed by atoms with Crippen molar-refractivity contribution in [1.29, 1.82) is 0 Å². The fraction of sp³-hybridized carbons (Fsp3) is 0.125. The van der Waals surface area contributed by atoms with E-state index in [0.717, 1.165) is 17.3 Å². The van der Waals surface area contributed by atoms with Crippen LogP contribution in [0.4, 0.5) is 10.1 Å². The van der Waals surface area contributed by atoms with E-state index in [-0.39, 0.29) is 17.9 Å². The zero-order valence-electron chi connectivity index (χ0n) is 11.9. The summed E-state index contributed by atoms with van der Waals surface area (Å²) >= 11 is 0. The minimum absolute atomic E-state index is 0.0246. The molecule has 0 aliphatic rings. The van der Waals surface area contributed by atoms with Crippen LogP contribution in [0.5, 0.6) is 0 Å². The average Bonchev–Trinajstić information content (AvgIpc) is 2.89. The molecule has 2 N–H and O–H groups in total. The molecule has 0 aliphatic heterocycles. The van der Waals surface area contributed by atoms with E-state index in [1.165, 1.54) is 12.1 Å². The van der Waals surface area contributed by atoms with Gasteiger partial charge in [0.25, 0.3) is 0 Å². The number of carbonyl (C=O) groups excluding carboxylic acids is 1. The highest BCUT2D eigenvalue weighted by Crippen LogP contribution is 2.16. The molecule has 0 saturated carbocycles. The van der Waals surface area contributed by atoms with Crippen LogP contribution in [0, 0.1) is 12.7 Å². The fourth-order valence-corrected chi connectivity index (χ4v) is 2.21. The van der Waals surface area contributed by atoms with E-state index in [1.54, 1.807) is 6.20 Å². The second-order valence-corrected chi connectivity index (χ2v) is 4.96. The normalized spacial score (nSPS) is 10.8. The zero-order valence-corrected chi connectivity index (χ0v) is 11.9. The standard InChI is InChI=1S/C16H14FN3O2/c1-10-3-2-6-20-8-12(19-15(10)20)9-22-16(21)13-5-4-11(17)7-14(13)18/h2-8H,9,18H2,1H3. The molecule has 6 heteroatoms. The molecular weight excluding hydrogens is 285 g/mol. The summed E-state index contributed by atoms with van der Waals surface area (Å²) in [5.74, 6) is -1.10. The van der Waals surface area contributed by atoms with Crippen molar-refractivity contribution < 1.29 is 13.9 Å². The second-order valence-electron chi connectivity index (χ2n) is 4.96. The van der Waals surface area contributed by atoms with Gasteiger partial charge in [0.05, 0.1) is 11.3 Å². The number of benzene rings is 1. The molecular formula is C16H14FN3O2. The topological polar surface area (TPSA) is 69.6 Å². The highest BCUT2D eigenvalue weighted by Gasteiger charge is 2.13. The number of nitrogens with two attached hydrogens (primary N) is 1. The van der Waals surface area contributed by atoms with Gasteiger partial charge in [0.2, 0.25) is 0 Å². The van der Waals surface area contributed by atoms with Crippen molar-refractivity contribution in [3.63, 3.8) is 0 Å². The minimum Gasteiger partial charge on any atom is -0.455 e. The lowest BCUT2D eigenvalue weighted by Crippen LogP contribution is -2.08. The number of aryl methyl sites for hydroxylation is 1. The molecule has 0 radical (unpaired) electrons. The molecule has 0 spiro atoms. The van der Waals surface area contributed by atoms with E-state index in [1.807, 2.05) is 29.7 Å². The quantitative estimate of drug-likeness (QED) is 0.596. The first-order valence-corrected chi connectivity index (χ1v) is 6.70. The number of nitrogens with zero attached hydrogens (tertiary/aromatic N) is 2. The van der Waals surface area contributed by atoms with Crippen LogP contribution in [0.3, 0.4) is 0 Å². The number of fused-ring (bicyclic) bond motifs is 1. The first-order valence-electron chi connectivity index (χ1n) is 6.70. The molecule has 0 amide bonds. The van der Waals surface area contributed by atoms with Crippen LogP contribution in [0.2, 0.25) is 0 Å². The molecule has 5 nitrogen and oxygen atoms in total. The molecule has 0 bridgehead atoms. The number of esters is 1. The lowest BCUT2D eigenvalue weighted by molar-refractivity contribution is 0.0469. The van der Waals surface area contributed by atoms with Crippen molar-refractivity contribution in [2.24, 2.45) is 0 Å². The van der Waals surface area contributed by atoms with Crippen LogP contribution in [-0.2, 0) is 11.3 Å². The molecule has 0 aliphatic carbocycles. The second kappa shape index (κ2) is 5.48. The van der Waals surface area contributed by atoms with E-state index in [9.17, 15) is 9.18 Å². The van der Waals surface area contributed by atoms with Gasteiger partial charge in [-0.3, -0.25) is 0 Å². The van der Waals surface area contributed by atoms with E-state index >= 15 is 0 Å². The maximum absolute atomic E-state index is 13.0. The molecule has 112 valence electrons. The van der Waals surface area contributed by atoms with Crippen molar-refractivity contribution in [2.75, 3.05) is 5.73 Å². The molecule has 0 unspecified atom stereocenters. The first kappa shape index (κ1) is 14.1. The Morgan fingerprint density at radius 2 is 2.23 bits per heavy atom. The van der Waals surface area contributed by atoms with Gasteiger partial charge in [0, 0.05) is 18.1 Å². The number of hydrogen-bond acceptors (Lipinski definition) is 4. The summed E-state index contributed by atoms with van der Waals surface area (Å²) in [5.41, 5.74) is 8.28. The number of pyridine rings is 1. The van der Waals surface area contributed by atoms with Crippen LogP contribution in [0.25, 0.3) is 5.65 Å². The molecule has 1 aromatic carbocycles. The van der Waals surface area contributed by atoms with E-state index in [2.05, 4.69) is 4.98 Å². The van der Waals surface area contributed by atoms with Crippen molar-refractivity contribution in [3.8, 4) is 0 Å². The van der Waals surface area contributed by atoms with Gasteiger partial charge in [0.1, 0.15) is 18.1 Å². The number of carbonyl (C=O) groups is 1. The highest BCUT2D eigenvalue weighted by atomic mass is 19.1. The van der Waals surface area contributed by atoms with Crippen LogP contribution in [-0.4, -0.2) is 15.4 Å². The summed E-state index contributed by atoms with van der Waals surface area (Å²) in [7, 11) is 0. The summed E-state index contributed by atoms with van der Waals surface area (Å²) < 4.78 is 20.0. The summed E-state index contributed by atoms with van der Waals surface area (Å²) in [4.78, 5) is 16.4. The van der Waals surface area contributed by atoms with Crippen LogP contribution in [0.15, 0.2) is 42.7 Å². The third-order valence-electron chi connectivity index (χ3n) is 3.31. The lowest BCUT2D eigenvalue weighted by atomic mass is 10.2. The maximum Gasteiger partial charge on any atom is 0.340 e. The van der Waals surface area contributed by atoms with Gasteiger partial charge < -0.3 is 14.9 Å². The Kier molecular flexibility index (Phi) is 3.50. The smallest absolute Gasteiger partial charge is 0.340 e. The number of nitrogen functional groups attached to an aromatic ring is 1. The Balaban J connectivity index is 1.76. The predicted octanol–water partition coefficient (Wildman–Crippen LogP) is 2.72. The molecule has 3 aromatic rings. The van der Waals surface area contributed by atoms with Gasteiger partial charge in [0.15, 0.2) is 0 Å². The largest absolute Gasteiger partial charge is 0.455 e. The minimum atomic E-state index is -0.605. The Morgan fingerprint density at radius 1 is 1.41 bits per heavy atom. The number of halogens is 1. The van der Waals surface area contributed by atoms with Gasteiger partial charge in [-0.05, 0) is 36.8 Å². The van der Waals surface area contributed by atoms with Crippen molar-refractivity contribution in [3.05, 3.63) is 65.4 Å². The molecule has 2 aromatic heterocycles. The van der Waals surface area contributed by atoms with Crippen molar-refractivity contribution >= 4 is 17.3 Å². The van der Waals surface area contributed by atoms with E-state index in [0.29, 0.717) is 5.69 Å². The Bertz CT molecular complexity index is 858. The van der Waals surface area contributed by atoms with Crippen LogP contribution >= 0.6 is 0 Å². The average molecular weight is 299 g/mol. The molecule has 2 heterocycles. The summed E-state index contributed by atoms with van der Waals surface area (Å²) in [5, 5.41) is 0. The van der Waals surface area contributed by atoms with Crippen molar-refractivity contribution in [1.82, 2.24) is 9.38 Å². The van der Waals surface area contributed by atoms with Gasteiger partial charge >= 0.3 is 5.97 Å². The number of imidazole rings is 1. The van der Waals surface area contributed by atoms with Gasteiger partial charge in [-0.25, -0.2) is 14.2 Å². The van der Waals surface area contributed by atoms with Crippen molar-refractivity contribution in [2.45, 2.75) is 13.5 Å². The lowest BCUT2D eigenvalue weighted by Gasteiger charge is -2.05. The number of ether oxygens (including phenoxy) is 1. The van der Waals surface area contributed by atoms with Gasteiger partial charge in [-0.1, -0.05) is 6.07 Å². The Morgan fingerprint density at radius 3 is 2.95 bits per heavy atom. The monoisotopic (exact) mass is 299 g/mol. The van der Waals surface area contributed by atoms with Crippen LogP contribution < -0.4 is 5.73 Å². The Labute approximate surface area is 126 Å². The van der Waals surface area contributed by atoms with E-state index < -0.39 is 11.8 Å². The molecule has 22 heavy (non-hydrogen) atoms. The number of rotatable bonds is 3. The summed E-state index contributed by atoms with van der Waals surface area (Å²) in [6.07, 6.45) is 3.67. The van der Waals surface area contributed by atoms with E-state index in [4.69, 9.17) is 10.5 Å². The van der Waals surface area contributed by atoms with Gasteiger partial charge in [-0.2, -0.15) is 0 Å². The molecule has 3 rings (SSSR count). The predicted molar refractivity (Wildman–Crippen MR) is 79.9 cm³/mol. The maximum atomic E-state index is 13.0. The summed E-state index contributed by atoms with van der Waals surface area (Å²) in [6, 6.07) is 7.43. The number of hydrogen-bond donors (Lipinski definition) is 1. The van der Waals surface area contributed by atoms with Gasteiger partial charge in [-0.15, -0.1) is 0 Å². The highest BCUT2D eigenvalue weighted by molar-refractivity contribution is 5.94. The fourth-order valence-electron chi connectivity index (χ4n) is 2.21. The third kappa shape index (κ3) is 2.63. The van der Waals surface area contributed by atoms with Crippen LogP contribution in [0.1, 0.15) is 21.6 Å². The SMILES string of the molecule is Cc1cccn2cc(COC(=O)c3ccc(F)cc3N)nc12. The molecule has 0 fully saturated rings. The summed E-state index contributed by atoms with van der Waals surface area (Å²) in [6.45, 7) is 1.98. The molecule has 0 atom stereocenters. The number of anilines is 1. The Hall–Kier alpha value is -2.89. The number of aromatic nitrogens is 2. The molecule has 0 saturated heterocycles. The first-order chi connectivity index (χ1) is 10.5.